The Balaban J connectivity index is 1.85. The van der Waals surface area contributed by atoms with Crippen molar-refractivity contribution in [2.24, 2.45) is 5.92 Å². The van der Waals surface area contributed by atoms with Gasteiger partial charge in [-0.15, -0.1) is 0 Å². The second-order valence-electron chi connectivity index (χ2n) is 5.73. The van der Waals surface area contributed by atoms with Crippen molar-refractivity contribution in [1.29, 1.82) is 0 Å². The molecule has 0 aromatic heterocycles. The van der Waals surface area contributed by atoms with Gasteiger partial charge in [0, 0.05) is 12.5 Å². The summed E-state index contributed by atoms with van der Waals surface area (Å²) in [4.78, 5) is 0.312. The van der Waals surface area contributed by atoms with E-state index in [-0.39, 0.29) is 27.1 Å². The molecule has 2 aromatic carbocycles. The molecule has 132 valence electrons. The molecule has 0 aliphatic rings. The van der Waals surface area contributed by atoms with Crippen LogP contribution >= 0.6 is 0 Å². The molecule has 1 unspecified atom stereocenters. The van der Waals surface area contributed by atoms with Gasteiger partial charge in [0.15, 0.2) is 3.93 Å². The van der Waals surface area contributed by atoms with Crippen LogP contribution in [0.2, 0.25) is 0 Å². The number of rotatable bonds is 7. The third-order valence-electron chi connectivity index (χ3n) is 3.76. The lowest BCUT2D eigenvalue weighted by Crippen LogP contribution is -3.59. The van der Waals surface area contributed by atoms with Gasteiger partial charge in [-0.25, -0.2) is 13.1 Å². The van der Waals surface area contributed by atoms with E-state index in [4.69, 9.17) is 0 Å². The van der Waals surface area contributed by atoms with Gasteiger partial charge in [0.25, 0.3) is 0 Å². The number of hydrogen-bond donors (Lipinski definition) is 1. The molecule has 0 radical (unpaired) electrons. The fourth-order valence-electron chi connectivity index (χ4n) is 2.18. The predicted molar refractivity (Wildman–Crippen MR) is 97.7 cm³/mol. The van der Waals surface area contributed by atoms with Crippen LogP contribution in [0.25, 0.3) is 0 Å². The van der Waals surface area contributed by atoms with E-state index in [2.05, 4.69) is 33.6 Å². The molecule has 0 fully saturated rings. The molecule has 0 heterocycles. The molecule has 1 N–H and O–H groups in total. The Bertz CT molecular complexity index is 821. The number of nitrogens with one attached hydrogen (secondary N) is 1. The van der Waals surface area contributed by atoms with Gasteiger partial charge < -0.3 is 0 Å². The number of hydrogen-bond acceptors (Lipinski definition) is 2. The third-order valence-corrected chi connectivity index (χ3v) is 7.16. The van der Waals surface area contributed by atoms with Gasteiger partial charge in [-0.2, -0.15) is 0 Å². The molecule has 0 aliphatic carbocycles. The Labute approximate surface area is 161 Å². The van der Waals surface area contributed by atoms with E-state index in [1.165, 1.54) is 3.57 Å². The van der Waals surface area contributed by atoms with Crippen molar-refractivity contribution in [2.45, 2.75) is 31.6 Å². The van der Waals surface area contributed by atoms with E-state index >= 15 is 0 Å². The summed E-state index contributed by atoms with van der Waals surface area (Å²) < 4.78 is 31.9. The average molecular weight is 468 g/mol. The second-order valence-corrected chi connectivity index (χ2v) is 9.82. The predicted octanol–water partition coefficient (Wildman–Crippen LogP) is 0.609. The first-order valence-electron chi connectivity index (χ1n) is 8.27. The lowest BCUT2D eigenvalue weighted by Gasteiger charge is -2.09. The van der Waals surface area contributed by atoms with Gasteiger partial charge in [0.05, 0.1) is 4.90 Å². The van der Waals surface area contributed by atoms with Crippen LogP contribution in [-0.4, -0.2) is 15.0 Å². The van der Waals surface area contributed by atoms with Crippen LogP contribution in [0.5, 0.6) is 0 Å². The van der Waals surface area contributed by atoms with Crippen molar-refractivity contribution < 1.29 is 29.6 Å². The summed E-state index contributed by atoms with van der Waals surface area (Å²) in [5, 5.41) is 0. The topological polar surface area (TPSA) is 46.2 Å². The molecule has 25 heavy (non-hydrogen) atoms. The maximum Gasteiger partial charge on any atom is 0.419 e. The molecular weight excluding hydrogens is 445 g/mol. The summed E-state index contributed by atoms with van der Waals surface area (Å²) in [7, 11) is -3.44. The molecule has 2 aromatic rings. The highest BCUT2D eigenvalue weighted by molar-refractivity contribution is 7.89. The quantitative estimate of drug-likeness (QED) is 0.479. The molecule has 0 amide bonds. The van der Waals surface area contributed by atoms with Crippen molar-refractivity contribution in [2.75, 3.05) is 6.54 Å². The summed E-state index contributed by atoms with van der Waals surface area (Å²) in [6, 6.07) is 17.2. The normalized spacial score (nSPS) is 12.2. The zero-order chi connectivity index (χ0) is 18.1. The minimum Gasteiger partial charge on any atom is -0.211 e. The maximum absolute atomic E-state index is 12.3. The third kappa shape index (κ3) is 6.81. The molecule has 0 saturated heterocycles. The minimum absolute atomic E-state index is 0.226. The summed E-state index contributed by atoms with van der Waals surface area (Å²) >= 11 is -0.292. The highest BCUT2D eigenvalue weighted by atomic mass is 127. The molecule has 0 aliphatic heterocycles. The van der Waals surface area contributed by atoms with E-state index < -0.39 is 10.0 Å². The van der Waals surface area contributed by atoms with Gasteiger partial charge in [0.2, 0.25) is 13.6 Å². The Kier molecular flexibility index (Phi) is 7.94. The van der Waals surface area contributed by atoms with Crippen LogP contribution in [0.3, 0.4) is 0 Å². The highest BCUT2D eigenvalue weighted by Crippen LogP contribution is 2.11. The molecule has 5 heteroatoms. The van der Waals surface area contributed by atoms with Gasteiger partial charge in [-0.1, -0.05) is 42.8 Å². The van der Waals surface area contributed by atoms with E-state index in [0.717, 1.165) is 18.4 Å². The number of benzene rings is 2. The van der Waals surface area contributed by atoms with Crippen LogP contribution in [0.4, 0.5) is 0 Å². The molecular formula is C20H23INO2S+. The zero-order valence-corrected chi connectivity index (χ0v) is 17.5. The lowest BCUT2D eigenvalue weighted by molar-refractivity contribution is -0.535. The lowest BCUT2D eigenvalue weighted by atomic mass is 10.0. The second kappa shape index (κ2) is 9.95. The molecule has 0 spiro atoms. The van der Waals surface area contributed by atoms with Crippen molar-refractivity contribution in [1.82, 2.24) is 4.72 Å². The van der Waals surface area contributed by atoms with E-state index in [9.17, 15) is 8.42 Å². The molecule has 1 atom stereocenters. The fraction of sp³-hybridized carbons (Fsp3) is 0.300. The van der Waals surface area contributed by atoms with Crippen LogP contribution < -0.4 is 25.9 Å². The SMILES string of the molecule is CCC(C#C[I+]c1ccccc1)CCNS(=O)(=O)c1ccc(C)cc1. The first-order chi connectivity index (χ1) is 12.0. The first kappa shape index (κ1) is 20.0. The molecule has 3 nitrogen and oxygen atoms in total. The van der Waals surface area contributed by atoms with Crippen LogP contribution in [0, 0.1) is 26.3 Å². The van der Waals surface area contributed by atoms with Crippen molar-refractivity contribution in [3.63, 3.8) is 0 Å². The Hall–Kier alpha value is -1.36. The number of sulfonamides is 1. The Morgan fingerprint density at radius 2 is 1.76 bits per heavy atom. The van der Waals surface area contributed by atoms with Crippen LogP contribution in [0.1, 0.15) is 25.3 Å². The van der Waals surface area contributed by atoms with Crippen LogP contribution in [-0.2, 0) is 10.0 Å². The van der Waals surface area contributed by atoms with Crippen molar-refractivity contribution in [3.8, 4) is 9.85 Å². The van der Waals surface area contributed by atoms with Gasteiger partial charge in [-0.05, 0) is 50.0 Å². The molecule has 0 saturated carbocycles. The van der Waals surface area contributed by atoms with E-state index in [1.807, 2.05) is 37.3 Å². The fourth-order valence-corrected chi connectivity index (χ4v) is 4.91. The summed E-state index contributed by atoms with van der Waals surface area (Å²) in [5.41, 5.74) is 1.04. The minimum atomic E-state index is -3.44. The smallest absolute Gasteiger partial charge is 0.211 e. The monoisotopic (exact) mass is 468 g/mol. The Morgan fingerprint density at radius 1 is 1.08 bits per heavy atom. The van der Waals surface area contributed by atoms with Gasteiger partial charge >= 0.3 is 21.2 Å². The largest absolute Gasteiger partial charge is 0.419 e. The molecule has 2 rings (SSSR count). The van der Waals surface area contributed by atoms with Crippen molar-refractivity contribution in [3.05, 3.63) is 63.7 Å². The average Bonchev–Trinajstić information content (AvgIpc) is 2.61. The standard InChI is InChI=1S/C20H23INO2S/c1-3-18(13-15-21-19-7-5-4-6-8-19)14-16-22-25(23,24)20-11-9-17(2)10-12-20/h4-12,18,22H,3,14,16H2,1-2H3/q+1. The first-order valence-corrected chi connectivity index (χ1v) is 11.9. The number of aryl methyl sites for hydroxylation is 1. The summed E-state index contributed by atoms with van der Waals surface area (Å²) in [5.74, 6) is 3.54. The summed E-state index contributed by atoms with van der Waals surface area (Å²) in [6.45, 7) is 4.44. The van der Waals surface area contributed by atoms with E-state index in [1.54, 1.807) is 12.1 Å². The number of halogens is 1. The van der Waals surface area contributed by atoms with Crippen LogP contribution in [0.15, 0.2) is 59.5 Å². The van der Waals surface area contributed by atoms with E-state index in [0.29, 0.717) is 11.4 Å². The Morgan fingerprint density at radius 3 is 2.40 bits per heavy atom. The summed E-state index contributed by atoms with van der Waals surface area (Å²) in [6.07, 6.45) is 1.66. The maximum atomic E-state index is 12.3. The van der Waals surface area contributed by atoms with Gasteiger partial charge in [0.1, 0.15) is 0 Å². The highest BCUT2D eigenvalue weighted by Gasteiger charge is 2.14. The van der Waals surface area contributed by atoms with Crippen molar-refractivity contribution >= 4 is 10.0 Å². The zero-order valence-electron chi connectivity index (χ0n) is 14.5. The molecule has 0 bridgehead atoms. The van der Waals surface area contributed by atoms with Gasteiger partial charge in [-0.3, -0.25) is 0 Å².